The van der Waals surface area contributed by atoms with E-state index in [2.05, 4.69) is 0 Å². The summed E-state index contributed by atoms with van der Waals surface area (Å²) in [6, 6.07) is 9.73. The Labute approximate surface area is 138 Å². The molecule has 0 atom stereocenters. The van der Waals surface area contributed by atoms with Gasteiger partial charge in [0, 0.05) is 33.8 Å². The number of phenolic OH excluding ortho intramolecular Hbond substituents is 2. The second-order valence-corrected chi connectivity index (χ2v) is 7.63. The number of Topliss-reactive ketones (excluding diaryl/α,β-unsaturated/α-hetero) is 2. The normalized spacial score (nSPS) is 35.1. The summed E-state index contributed by atoms with van der Waals surface area (Å²) in [6.45, 7) is 3.86. The molecule has 1 saturated carbocycles. The third kappa shape index (κ3) is 1.15. The average Bonchev–Trinajstić information content (AvgIpc) is 2.86. The van der Waals surface area contributed by atoms with Crippen molar-refractivity contribution in [1.29, 1.82) is 0 Å². The van der Waals surface area contributed by atoms with Crippen molar-refractivity contribution in [3.8, 4) is 11.5 Å². The molecule has 2 N–H and O–H groups in total. The molecule has 120 valence electrons. The van der Waals surface area contributed by atoms with E-state index in [1.54, 1.807) is 24.3 Å². The minimum atomic E-state index is -0.678. The molecule has 2 aromatic rings. The SMILES string of the molecule is CC12C(=O)c3cc(O)ccc3C1C1(C)C(=O)c3cc(O)ccc3C21. The highest BCUT2D eigenvalue weighted by atomic mass is 16.3. The van der Waals surface area contributed by atoms with Crippen molar-refractivity contribution in [1.82, 2.24) is 0 Å². The van der Waals surface area contributed by atoms with Crippen LogP contribution in [0.15, 0.2) is 36.4 Å². The Bertz CT molecular complexity index is 884. The van der Waals surface area contributed by atoms with E-state index < -0.39 is 10.8 Å². The summed E-state index contributed by atoms with van der Waals surface area (Å²) in [7, 11) is 0. The number of phenols is 2. The van der Waals surface area contributed by atoms with Gasteiger partial charge < -0.3 is 10.2 Å². The first-order chi connectivity index (χ1) is 11.3. The minimum Gasteiger partial charge on any atom is -0.508 e. The van der Waals surface area contributed by atoms with E-state index in [0.717, 1.165) is 11.1 Å². The zero-order chi connectivity index (χ0) is 17.0. The Morgan fingerprint density at radius 3 is 1.50 bits per heavy atom. The summed E-state index contributed by atoms with van der Waals surface area (Å²) >= 11 is 0. The van der Waals surface area contributed by atoms with E-state index in [0.29, 0.717) is 11.1 Å². The fraction of sp³-hybridized carbons (Fsp3) is 0.300. The first kappa shape index (κ1) is 13.8. The molecule has 1 fully saturated rings. The van der Waals surface area contributed by atoms with Crippen molar-refractivity contribution < 1.29 is 19.8 Å². The summed E-state index contributed by atoms with van der Waals surface area (Å²) < 4.78 is 0. The number of carbonyl (C=O) groups excluding carboxylic acids is 2. The topological polar surface area (TPSA) is 74.6 Å². The average molecular weight is 320 g/mol. The predicted octanol–water partition coefficient (Wildman–Crippen LogP) is 3.38. The number of hydrogen-bond acceptors (Lipinski definition) is 4. The molecular formula is C20H16O4. The number of ketones is 2. The Balaban J connectivity index is 1.79. The Kier molecular flexibility index (Phi) is 2.14. The van der Waals surface area contributed by atoms with E-state index >= 15 is 0 Å². The zero-order valence-corrected chi connectivity index (χ0v) is 13.3. The first-order valence-corrected chi connectivity index (χ1v) is 8.06. The lowest BCUT2D eigenvalue weighted by molar-refractivity contribution is -0.0271. The molecule has 0 unspecified atom stereocenters. The molecule has 0 radical (unpaired) electrons. The first-order valence-electron chi connectivity index (χ1n) is 8.06. The van der Waals surface area contributed by atoms with Gasteiger partial charge in [-0.1, -0.05) is 26.0 Å². The van der Waals surface area contributed by atoms with E-state index in [1.165, 1.54) is 12.1 Å². The summed E-state index contributed by atoms with van der Waals surface area (Å²) in [5, 5.41) is 19.5. The van der Waals surface area contributed by atoms with Crippen LogP contribution in [0.1, 0.15) is 57.5 Å². The molecule has 24 heavy (non-hydrogen) atoms. The van der Waals surface area contributed by atoms with Gasteiger partial charge in [-0.3, -0.25) is 9.59 Å². The van der Waals surface area contributed by atoms with Crippen LogP contribution < -0.4 is 0 Å². The second kappa shape index (κ2) is 3.72. The van der Waals surface area contributed by atoms with Crippen molar-refractivity contribution in [2.24, 2.45) is 10.8 Å². The summed E-state index contributed by atoms with van der Waals surface area (Å²) in [6.07, 6.45) is 0. The standard InChI is InChI=1S/C20H16O4/c1-19-15(11-5-3-9(21)7-13(11)17(19)23)20(2)16(19)12-6-4-10(22)8-14(12)18(20)24/h3-8,15-16,21-22H,1-2H3. The van der Waals surface area contributed by atoms with Crippen molar-refractivity contribution in [2.75, 3.05) is 0 Å². The molecule has 3 aliphatic rings. The van der Waals surface area contributed by atoms with Crippen molar-refractivity contribution in [3.63, 3.8) is 0 Å². The van der Waals surface area contributed by atoms with Crippen LogP contribution in [0.5, 0.6) is 11.5 Å². The third-order valence-corrected chi connectivity index (χ3v) is 6.56. The molecule has 4 heteroatoms. The van der Waals surface area contributed by atoms with Gasteiger partial charge in [-0.15, -0.1) is 0 Å². The van der Waals surface area contributed by atoms with Crippen LogP contribution in [-0.2, 0) is 0 Å². The number of rotatable bonds is 0. The lowest BCUT2D eigenvalue weighted by Gasteiger charge is -2.59. The molecule has 4 nitrogen and oxygen atoms in total. The number of fused-ring (bicyclic) bond motifs is 8. The van der Waals surface area contributed by atoms with E-state index in [9.17, 15) is 19.8 Å². The maximum atomic E-state index is 13.1. The number of benzene rings is 2. The summed E-state index contributed by atoms with van der Waals surface area (Å²) in [5.74, 6) is -0.262. The molecule has 3 aliphatic carbocycles. The lowest BCUT2D eigenvalue weighted by Crippen LogP contribution is -2.59. The monoisotopic (exact) mass is 320 g/mol. The van der Waals surface area contributed by atoms with Crippen LogP contribution in [-0.4, -0.2) is 21.8 Å². The van der Waals surface area contributed by atoms with Gasteiger partial charge in [-0.2, -0.15) is 0 Å². The van der Waals surface area contributed by atoms with Crippen LogP contribution in [0, 0.1) is 10.8 Å². The van der Waals surface area contributed by atoms with Gasteiger partial charge in [0.2, 0.25) is 0 Å². The number of hydrogen-bond donors (Lipinski definition) is 2. The summed E-state index contributed by atoms with van der Waals surface area (Å²) in [4.78, 5) is 26.3. The van der Waals surface area contributed by atoms with E-state index in [1.807, 2.05) is 13.8 Å². The van der Waals surface area contributed by atoms with Gasteiger partial charge in [0.05, 0.1) is 0 Å². The van der Waals surface area contributed by atoms with E-state index in [-0.39, 0.29) is 34.9 Å². The van der Waals surface area contributed by atoms with Gasteiger partial charge in [0.25, 0.3) is 0 Å². The van der Waals surface area contributed by atoms with Crippen LogP contribution >= 0.6 is 0 Å². The fourth-order valence-corrected chi connectivity index (χ4v) is 5.86. The summed E-state index contributed by atoms with van der Waals surface area (Å²) in [5.41, 5.74) is 1.41. The van der Waals surface area contributed by atoms with Gasteiger partial charge in [-0.05, 0) is 35.4 Å². The minimum absolute atomic E-state index is 0.00500. The molecular weight excluding hydrogens is 304 g/mol. The molecule has 0 aromatic heterocycles. The lowest BCUT2D eigenvalue weighted by atomic mass is 9.40. The highest BCUT2D eigenvalue weighted by Gasteiger charge is 2.78. The smallest absolute Gasteiger partial charge is 0.170 e. The highest BCUT2D eigenvalue weighted by Crippen LogP contribution is 2.79. The molecule has 0 saturated heterocycles. The molecule has 5 rings (SSSR count). The second-order valence-electron chi connectivity index (χ2n) is 7.63. The molecule has 0 amide bonds. The van der Waals surface area contributed by atoms with Crippen molar-refractivity contribution in [2.45, 2.75) is 25.7 Å². The number of carbonyl (C=O) groups is 2. The van der Waals surface area contributed by atoms with Crippen molar-refractivity contribution in [3.05, 3.63) is 58.7 Å². The fourth-order valence-electron chi connectivity index (χ4n) is 5.86. The highest BCUT2D eigenvalue weighted by molar-refractivity contribution is 6.16. The molecule has 0 aliphatic heterocycles. The van der Waals surface area contributed by atoms with Crippen LogP contribution in [0.4, 0.5) is 0 Å². The maximum absolute atomic E-state index is 13.1. The molecule has 0 spiro atoms. The Hall–Kier alpha value is -2.62. The zero-order valence-electron chi connectivity index (χ0n) is 13.3. The van der Waals surface area contributed by atoms with Crippen LogP contribution in [0.2, 0.25) is 0 Å². The number of aromatic hydroxyl groups is 2. The molecule has 0 bridgehead atoms. The quantitative estimate of drug-likeness (QED) is 0.780. The van der Waals surface area contributed by atoms with Crippen molar-refractivity contribution >= 4 is 11.6 Å². The van der Waals surface area contributed by atoms with Crippen LogP contribution in [0.25, 0.3) is 0 Å². The third-order valence-electron chi connectivity index (χ3n) is 6.56. The van der Waals surface area contributed by atoms with Gasteiger partial charge in [0.1, 0.15) is 11.5 Å². The van der Waals surface area contributed by atoms with Gasteiger partial charge >= 0.3 is 0 Å². The van der Waals surface area contributed by atoms with Crippen LogP contribution in [0.3, 0.4) is 0 Å². The Morgan fingerprint density at radius 1 is 0.750 bits per heavy atom. The predicted molar refractivity (Wildman–Crippen MR) is 86.6 cm³/mol. The van der Waals surface area contributed by atoms with Gasteiger partial charge in [-0.25, -0.2) is 0 Å². The van der Waals surface area contributed by atoms with E-state index in [4.69, 9.17) is 0 Å². The Morgan fingerprint density at radius 2 is 1.12 bits per heavy atom. The largest absolute Gasteiger partial charge is 0.508 e. The maximum Gasteiger partial charge on any atom is 0.170 e. The molecule has 2 aromatic carbocycles. The molecule has 0 heterocycles. The van der Waals surface area contributed by atoms with Gasteiger partial charge in [0.15, 0.2) is 11.6 Å².